The van der Waals surface area contributed by atoms with E-state index < -0.39 is 0 Å². The molecule has 112 valence electrons. The van der Waals surface area contributed by atoms with Crippen molar-refractivity contribution < 1.29 is 9.53 Å². The number of benzene rings is 1. The summed E-state index contributed by atoms with van der Waals surface area (Å²) in [4.78, 5) is 15.2. The Hall–Kier alpha value is -1.35. The average molecular weight is 358 g/mol. The average Bonchev–Trinajstić information content (AvgIpc) is 3.17. The van der Waals surface area contributed by atoms with E-state index >= 15 is 0 Å². The van der Waals surface area contributed by atoms with Crippen LogP contribution in [0.15, 0.2) is 52.5 Å². The van der Waals surface area contributed by atoms with Crippen LogP contribution in [0.5, 0.6) is 0 Å². The first-order chi connectivity index (χ1) is 10.8. The first-order valence-corrected chi connectivity index (χ1v) is 9.64. The van der Waals surface area contributed by atoms with Gasteiger partial charge in [0.1, 0.15) is 0 Å². The van der Waals surface area contributed by atoms with E-state index in [2.05, 4.69) is 29.2 Å². The molecule has 2 bridgehead atoms. The van der Waals surface area contributed by atoms with Crippen LogP contribution in [0.1, 0.15) is 19.3 Å². The minimum absolute atomic E-state index is 0.0282. The van der Waals surface area contributed by atoms with Gasteiger partial charge in [-0.05, 0) is 0 Å². The Labute approximate surface area is 136 Å². The molecule has 4 aliphatic rings. The molecule has 1 spiro atoms. The summed E-state index contributed by atoms with van der Waals surface area (Å²) < 4.78 is 8.22. The van der Waals surface area contributed by atoms with Crippen molar-refractivity contribution in [3.63, 3.8) is 0 Å². The third-order valence-electron chi connectivity index (χ3n) is 5.38. The third-order valence-corrected chi connectivity index (χ3v) is 7.68. The summed E-state index contributed by atoms with van der Waals surface area (Å²) in [5, 5.41) is 0. The van der Waals surface area contributed by atoms with Gasteiger partial charge in [-0.25, -0.2) is 0 Å². The molecule has 3 heterocycles. The summed E-state index contributed by atoms with van der Waals surface area (Å²) in [6, 6.07) is 11.2. The van der Waals surface area contributed by atoms with Gasteiger partial charge in [0.05, 0.1) is 0 Å². The van der Waals surface area contributed by atoms with E-state index in [1.54, 1.807) is 0 Å². The molecule has 3 atom stereocenters. The van der Waals surface area contributed by atoms with Gasteiger partial charge in [0, 0.05) is 0 Å². The van der Waals surface area contributed by atoms with Crippen LogP contribution in [0.2, 0.25) is 0 Å². The second-order valence-corrected chi connectivity index (χ2v) is 8.74. The first kappa shape index (κ1) is 13.1. The number of carbonyl (C=O) groups excluding carboxylic acids is 1. The van der Waals surface area contributed by atoms with Crippen LogP contribution < -0.4 is 4.46 Å². The zero-order valence-corrected chi connectivity index (χ0v) is 13.9. The number of fused-ring (bicyclic) bond motifs is 3. The van der Waals surface area contributed by atoms with E-state index in [1.807, 2.05) is 18.2 Å². The normalized spacial score (nSPS) is 35.7. The molecule has 0 unspecified atom stereocenters. The van der Waals surface area contributed by atoms with E-state index in [-0.39, 0.29) is 26.5 Å². The van der Waals surface area contributed by atoms with E-state index in [9.17, 15) is 4.79 Å². The van der Waals surface area contributed by atoms with Crippen molar-refractivity contribution >= 4 is 25.4 Å². The van der Waals surface area contributed by atoms with Crippen molar-refractivity contribution in [1.29, 1.82) is 0 Å². The van der Waals surface area contributed by atoms with Crippen LogP contribution >= 0.6 is 0 Å². The number of ether oxygens (including phenoxy) is 1. The Morgan fingerprint density at radius 1 is 1.27 bits per heavy atom. The molecule has 2 fully saturated rings. The van der Waals surface area contributed by atoms with Crippen LogP contribution in [0.25, 0.3) is 0 Å². The van der Waals surface area contributed by atoms with E-state index in [0.717, 1.165) is 23.9 Å². The summed E-state index contributed by atoms with van der Waals surface area (Å²) in [5.41, 5.74) is 0.853. The van der Waals surface area contributed by atoms with Crippen LogP contribution in [-0.4, -0.2) is 50.1 Å². The molecule has 5 rings (SSSR count). The third kappa shape index (κ3) is 1.63. The zero-order valence-electron chi connectivity index (χ0n) is 12.2. The van der Waals surface area contributed by atoms with Crippen molar-refractivity contribution in [2.45, 2.75) is 36.9 Å². The number of carbonyl (C=O) groups is 1. The fourth-order valence-electron chi connectivity index (χ4n) is 4.52. The molecule has 22 heavy (non-hydrogen) atoms. The topological polar surface area (TPSA) is 29.5 Å². The van der Waals surface area contributed by atoms with Gasteiger partial charge in [-0.3, -0.25) is 0 Å². The molecule has 1 aromatic rings. The van der Waals surface area contributed by atoms with Crippen molar-refractivity contribution in [2.75, 3.05) is 6.54 Å². The Balaban J connectivity index is 1.60. The molecule has 3 aliphatic heterocycles. The van der Waals surface area contributed by atoms with Gasteiger partial charge >= 0.3 is 136 Å². The molecule has 0 N–H and O–H groups in total. The predicted molar refractivity (Wildman–Crippen MR) is 85.0 cm³/mol. The number of hydrogen-bond acceptors (Lipinski definition) is 3. The Morgan fingerprint density at radius 2 is 2.14 bits per heavy atom. The van der Waals surface area contributed by atoms with Crippen molar-refractivity contribution in [2.24, 2.45) is 0 Å². The van der Waals surface area contributed by atoms with Gasteiger partial charge in [-0.2, -0.15) is 0 Å². The fourth-order valence-corrected chi connectivity index (χ4v) is 6.63. The number of esters is 1. The fraction of sp³-hybridized carbons (Fsp3) is 0.389. The molecule has 0 saturated carbocycles. The monoisotopic (exact) mass is 359 g/mol. The SMILES string of the molecule is O=C1O[C@@]23C[C@@H](C=CC2=C1[Se]c1ccccc1)N1CCC[C@@H]13. The number of hydrogen-bond donors (Lipinski definition) is 0. The van der Waals surface area contributed by atoms with Gasteiger partial charge in [0.25, 0.3) is 0 Å². The first-order valence-electron chi connectivity index (χ1n) is 7.93. The Kier molecular flexibility index (Phi) is 2.73. The second kappa shape index (κ2) is 4.58. The van der Waals surface area contributed by atoms with Crippen LogP contribution in [0, 0.1) is 0 Å². The summed E-state index contributed by atoms with van der Waals surface area (Å²) in [5.74, 6) is -0.0714. The van der Waals surface area contributed by atoms with Gasteiger partial charge in [0.15, 0.2) is 0 Å². The minimum atomic E-state index is -0.334. The molecule has 2 saturated heterocycles. The molecule has 0 aromatic heterocycles. The summed E-state index contributed by atoms with van der Waals surface area (Å²) in [6.07, 6.45) is 7.82. The summed E-state index contributed by atoms with van der Waals surface area (Å²) in [7, 11) is 0. The van der Waals surface area contributed by atoms with Gasteiger partial charge in [0.2, 0.25) is 0 Å². The summed E-state index contributed by atoms with van der Waals surface area (Å²) in [6.45, 7) is 1.14. The van der Waals surface area contributed by atoms with E-state index in [0.29, 0.717) is 12.1 Å². The second-order valence-electron chi connectivity index (χ2n) is 6.46. The van der Waals surface area contributed by atoms with Crippen molar-refractivity contribution in [1.82, 2.24) is 4.90 Å². The molecule has 1 aromatic carbocycles. The summed E-state index contributed by atoms with van der Waals surface area (Å²) >= 11 is 0.0282. The van der Waals surface area contributed by atoms with Gasteiger partial charge in [-0.1, -0.05) is 0 Å². The number of nitrogens with zero attached hydrogens (tertiary/aromatic N) is 1. The maximum atomic E-state index is 12.6. The molecular weight excluding hydrogens is 341 g/mol. The van der Waals surface area contributed by atoms with Gasteiger partial charge in [-0.15, -0.1) is 0 Å². The van der Waals surface area contributed by atoms with Crippen molar-refractivity contribution in [3.8, 4) is 0 Å². The molecule has 3 nitrogen and oxygen atoms in total. The number of rotatable bonds is 2. The molecule has 0 amide bonds. The molecule has 4 heteroatoms. The molecular formula is C18H17NO2Se. The van der Waals surface area contributed by atoms with Crippen LogP contribution in [-0.2, 0) is 9.53 Å². The standard InChI is InChI=1S/C18H17NO2Se/c20-17-16(22-13-5-2-1-3-6-13)14-9-8-12-11-18(14,21-17)15-7-4-10-19(12)15/h1-3,5-6,8-9,12,15H,4,7,10-11H2/t12-,15-,18+/m1/s1. The van der Waals surface area contributed by atoms with Crippen LogP contribution in [0.4, 0.5) is 0 Å². The van der Waals surface area contributed by atoms with E-state index in [1.165, 1.54) is 16.5 Å². The zero-order chi connectivity index (χ0) is 14.7. The Bertz CT molecular complexity index is 711. The maximum absolute atomic E-state index is 12.6. The Morgan fingerprint density at radius 3 is 3.00 bits per heavy atom. The van der Waals surface area contributed by atoms with Crippen LogP contribution in [0.3, 0.4) is 0 Å². The predicted octanol–water partition coefficient (Wildman–Crippen LogP) is 1.37. The van der Waals surface area contributed by atoms with Crippen molar-refractivity contribution in [3.05, 3.63) is 52.5 Å². The molecule has 0 radical (unpaired) electrons. The molecule has 1 aliphatic carbocycles. The quantitative estimate of drug-likeness (QED) is 0.591. The van der Waals surface area contributed by atoms with E-state index in [4.69, 9.17) is 4.74 Å². The van der Waals surface area contributed by atoms with Gasteiger partial charge < -0.3 is 0 Å².